The van der Waals surface area contributed by atoms with Crippen LogP contribution in [0.15, 0.2) is 0 Å². The zero-order valence-corrected chi connectivity index (χ0v) is 51.2. The monoisotopic (exact) mass is 913 g/mol. The van der Waals surface area contributed by atoms with Crippen molar-refractivity contribution in [2.24, 2.45) is 47.3 Å². The quantitative estimate of drug-likeness (QED) is 0.227. The molecule has 0 amide bonds. The van der Waals surface area contributed by atoms with Crippen LogP contribution in [0.2, 0.25) is 0 Å². The number of rotatable bonds is 0. The molecule has 0 nitrogen and oxygen atoms in total. The molecule has 8 fully saturated rings. The topological polar surface area (TPSA) is 0 Å². The second-order valence-electron chi connectivity index (χ2n) is 16.4. The zero-order valence-electron chi connectivity index (χ0n) is 51.2. The molecule has 8 rings (SSSR count). The van der Waals surface area contributed by atoms with Crippen LogP contribution < -0.4 is 0 Å². The van der Waals surface area contributed by atoms with E-state index >= 15 is 0 Å². The second kappa shape index (κ2) is 77.2. The number of hydrogen-bond acceptors (Lipinski definition) is 0. The summed E-state index contributed by atoms with van der Waals surface area (Å²) in [5.74, 6) is 9.24. The van der Waals surface area contributed by atoms with E-state index in [1.165, 1.54) is 103 Å². The van der Waals surface area contributed by atoms with E-state index in [2.05, 4.69) is 0 Å². The van der Waals surface area contributed by atoms with Crippen LogP contribution in [-0.2, 0) is 0 Å². The SMILES string of the molecule is C1CCC2CCCCC2C1.C1CCC2CCCCC2C1.C1CCC2CCCCC2C1.C1CCC2CCCCC2C1.CC.CC.CC.CC.CC.CC.CC.CC.CC.CC.CC.CC. The Hall–Kier alpha value is 0. The van der Waals surface area contributed by atoms with Crippen LogP contribution in [0.3, 0.4) is 0 Å². The van der Waals surface area contributed by atoms with Gasteiger partial charge in [0.15, 0.2) is 0 Å². The molecule has 0 aromatic carbocycles. The highest BCUT2D eigenvalue weighted by atomic mass is 14.3. The summed E-state index contributed by atoms with van der Waals surface area (Å²) in [5.41, 5.74) is 0. The highest BCUT2D eigenvalue weighted by Crippen LogP contribution is 2.42. The molecule has 8 aliphatic rings. The predicted octanol–water partition coefficient (Wildman–Crippen LogP) is 25.8. The van der Waals surface area contributed by atoms with Gasteiger partial charge < -0.3 is 0 Å². The van der Waals surface area contributed by atoms with Gasteiger partial charge in [-0.3, -0.25) is 0 Å². The summed E-state index contributed by atoms with van der Waals surface area (Å²) in [6.07, 6.45) is 49.4. The van der Waals surface area contributed by atoms with Crippen LogP contribution in [0.4, 0.5) is 0 Å². The summed E-state index contributed by atoms with van der Waals surface area (Å²) in [6, 6.07) is 0. The van der Waals surface area contributed by atoms with Crippen molar-refractivity contribution in [2.75, 3.05) is 0 Å². The van der Waals surface area contributed by atoms with Crippen LogP contribution in [-0.4, -0.2) is 0 Å². The van der Waals surface area contributed by atoms with Crippen molar-refractivity contribution in [3.63, 3.8) is 0 Å². The Morgan fingerprint density at radius 3 is 0.203 bits per heavy atom. The standard InChI is InChI=1S/4C10H18.12C2H6/c4*1-2-6-10-8-4-3-7-9(10)5-1;12*1-2/h4*9-10H,1-8H2;12*1-2H3. The first-order valence-electron chi connectivity index (χ1n) is 31.9. The van der Waals surface area contributed by atoms with Gasteiger partial charge in [-0.25, -0.2) is 0 Å². The van der Waals surface area contributed by atoms with Gasteiger partial charge in [0.05, 0.1) is 0 Å². The predicted molar refractivity (Wildman–Crippen MR) is 312 cm³/mol. The lowest BCUT2D eigenvalue weighted by molar-refractivity contribution is 0.171. The van der Waals surface area contributed by atoms with Gasteiger partial charge in [0.1, 0.15) is 0 Å². The maximum atomic E-state index is 2.00. The van der Waals surface area contributed by atoms with Gasteiger partial charge in [-0.05, 0) is 47.3 Å². The first kappa shape index (κ1) is 81.0. The first-order valence-corrected chi connectivity index (χ1v) is 31.9. The Balaban J connectivity index is -0.0000000941. The van der Waals surface area contributed by atoms with E-state index in [-0.39, 0.29) is 0 Å². The number of hydrogen-bond donors (Lipinski definition) is 0. The maximum absolute atomic E-state index is 2.00. The van der Waals surface area contributed by atoms with E-state index in [9.17, 15) is 0 Å². The zero-order chi connectivity index (χ0) is 51.2. The number of fused-ring (bicyclic) bond motifs is 4. The smallest absolute Gasteiger partial charge is 0.0386 e. The minimum atomic E-state index is 1.16. The molecule has 0 heterocycles. The van der Waals surface area contributed by atoms with Gasteiger partial charge in [-0.2, -0.15) is 0 Å². The second-order valence-corrected chi connectivity index (χ2v) is 16.4. The molecule has 0 aromatic rings. The average molecular weight is 914 g/mol. The summed E-state index contributed by atoms with van der Waals surface area (Å²) in [6.45, 7) is 48.0. The van der Waals surface area contributed by atoms with E-state index in [0.717, 1.165) is 47.3 Å². The minimum absolute atomic E-state index is 1.16. The molecule has 0 unspecified atom stereocenters. The molecule has 8 saturated carbocycles. The maximum Gasteiger partial charge on any atom is -0.0386 e. The summed E-state index contributed by atoms with van der Waals surface area (Å²) in [5, 5.41) is 0. The molecule has 0 radical (unpaired) electrons. The molecule has 0 spiro atoms. The minimum Gasteiger partial charge on any atom is -0.0683 e. The molecule has 64 heavy (non-hydrogen) atoms. The van der Waals surface area contributed by atoms with Crippen molar-refractivity contribution in [1.29, 1.82) is 0 Å². The van der Waals surface area contributed by atoms with Crippen molar-refractivity contribution in [1.82, 2.24) is 0 Å². The molecule has 400 valence electrons. The van der Waals surface area contributed by atoms with Gasteiger partial charge in [0, 0.05) is 0 Å². The third kappa shape index (κ3) is 44.5. The van der Waals surface area contributed by atoms with Gasteiger partial charge in [0.2, 0.25) is 0 Å². The Morgan fingerprint density at radius 1 is 0.109 bits per heavy atom. The largest absolute Gasteiger partial charge is 0.0683 e. The molecular formula is C64H144. The van der Waals surface area contributed by atoms with Crippen LogP contribution in [0.25, 0.3) is 0 Å². The molecular weight excluding hydrogens is 769 g/mol. The van der Waals surface area contributed by atoms with E-state index < -0.39 is 0 Å². The Labute approximate surface area is 417 Å². The average Bonchev–Trinajstić information content (AvgIpc) is 3.46. The van der Waals surface area contributed by atoms with E-state index in [1.807, 2.05) is 166 Å². The van der Waals surface area contributed by atoms with Crippen LogP contribution in [0.5, 0.6) is 0 Å². The van der Waals surface area contributed by atoms with Crippen molar-refractivity contribution >= 4 is 0 Å². The summed E-state index contributed by atoms with van der Waals surface area (Å²) >= 11 is 0. The molecule has 0 atom stereocenters. The Morgan fingerprint density at radius 2 is 0.156 bits per heavy atom. The van der Waals surface area contributed by atoms with E-state index in [0.29, 0.717) is 0 Å². The van der Waals surface area contributed by atoms with Crippen LogP contribution >= 0.6 is 0 Å². The molecule has 0 aromatic heterocycles. The lowest BCUT2D eigenvalue weighted by atomic mass is 9.71. The normalized spacial score (nSPS) is 26.6. The van der Waals surface area contributed by atoms with Crippen LogP contribution in [0.1, 0.15) is 372 Å². The summed E-state index contributed by atoms with van der Waals surface area (Å²) < 4.78 is 0. The summed E-state index contributed by atoms with van der Waals surface area (Å²) in [7, 11) is 0. The van der Waals surface area contributed by atoms with Crippen molar-refractivity contribution in [3.05, 3.63) is 0 Å². The fourth-order valence-corrected chi connectivity index (χ4v) is 11.4. The van der Waals surface area contributed by atoms with E-state index in [1.54, 1.807) is 103 Å². The Kier molecular flexibility index (Phi) is 97.7. The van der Waals surface area contributed by atoms with Crippen molar-refractivity contribution in [3.8, 4) is 0 Å². The molecule has 0 saturated heterocycles. The highest BCUT2D eigenvalue weighted by molar-refractivity contribution is 4.81. The van der Waals surface area contributed by atoms with Crippen molar-refractivity contribution < 1.29 is 0 Å². The van der Waals surface area contributed by atoms with Gasteiger partial charge >= 0.3 is 0 Å². The van der Waals surface area contributed by atoms with Crippen LogP contribution in [0, 0.1) is 47.3 Å². The van der Waals surface area contributed by atoms with Crippen molar-refractivity contribution in [2.45, 2.75) is 372 Å². The lowest BCUT2D eigenvalue weighted by Gasteiger charge is -2.35. The summed E-state index contributed by atoms with van der Waals surface area (Å²) in [4.78, 5) is 0. The third-order valence-electron chi connectivity index (χ3n) is 13.9. The fraction of sp³-hybridized carbons (Fsp3) is 1.00. The first-order chi connectivity index (χ1) is 31.9. The van der Waals surface area contributed by atoms with Gasteiger partial charge in [-0.1, -0.05) is 372 Å². The highest BCUT2D eigenvalue weighted by Gasteiger charge is 2.29. The molecule has 0 bridgehead atoms. The third-order valence-corrected chi connectivity index (χ3v) is 13.9. The molecule has 0 aliphatic heterocycles. The lowest BCUT2D eigenvalue weighted by Crippen LogP contribution is -2.22. The van der Waals surface area contributed by atoms with Gasteiger partial charge in [-0.15, -0.1) is 0 Å². The fourth-order valence-electron chi connectivity index (χ4n) is 11.4. The van der Waals surface area contributed by atoms with Gasteiger partial charge in [0.25, 0.3) is 0 Å². The molecule has 0 heteroatoms. The molecule has 8 aliphatic carbocycles. The molecule has 0 N–H and O–H groups in total. The van der Waals surface area contributed by atoms with E-state index in [4.69, 9.17) is 0 Å². The Bertz CT molecular complexity index is 434.